The van der Waals surface area contributed by atoms with Crippen molar-refractivity contribution in [3.63, 3.8) is 0 Å². The molecule has 0 aliphatic carbocycles. The standard InChI is InChI=1S/C11H6F4O3/c12-7-3-1-6(2-4-9(16)10(17)18)8(5-7)11(13,14)15/h1-5H,(H,17,18)/b4-2+. The molecule has 0 saturated carbocycles. The van der Waals surface area contributed by atoms with Gasteiger partial charge in [0.1, 0.15) is 5.82 Å². The Labute approximate surface area is 98.3 Å². The highest BCUT2D eigenvalue weighted by Gasteiger charge is 2.33. The fraction of sp³-hybridized carbons (Fsp3) is 0.0909. The number of carbonyl (C=O) groups is 2. The summed E-state index contributed by atoms with van der Waals surface area (Å²) in [6.45, 7) is 0. The van der Waals surface area contributed by atoms with Crippen LogP contribution in [0.4, 0.5) is 17.6 Å². The van der Waals surface area contributed by atoms with Gasteiger partial charge in [-0.05, 0) is 23.8 Å². The Bertz CT molecular complexity index is 518. The molecule has 0 fully saturated rings. The third kappa shape index (κ3) is 3.41. The number of hydrogen-bond donors (Lipinski definition) is 1. The Morgan fingerprint density at radius 2 is 1.83 bits per heavy atom. The monoisotopic (exact) mass is 262 g/mol. The van der Waals surface area contributed by atoms with Crippen molar-refractivity contribution in [3.05, 3.63) is 41.2 Å². The molecule has 1 rings (SSSR count). The zero-order chi connectivity index (χ0) is 13.9. The number of hydrogen-bond acceptors (Lipinski definition) is 2. The van der Waals surface area contributed by atoms with E-state index in [9.17, 15) is 27.2 Å². The fourth-order valence-corrected chi connectivity index (χ4v) is 1.16. The quantitative estimate of drug-likeness (QED) is 0.517. The minimum absolute atomic E-state index is 0.269. The van der Waals surface area contributed by atoms with Gasteiger partial charge in [-0.15, -0.1) is 0 Å². The topological polar surface area (TPSA) is 54.4 Å². The largest absolute Gasteiger partial charge is 0.475 e. The minimum Gasteiger partial charge on any atom is -0.475 e. The van der Waals surface area contributed by atoms with Crippen LogP contribution in [-0.2, 0) is 15.8 Å². The van der Waals surface area contributed by atoms with Crippen molar-refractivity contribution in [2.45, 2.75) is 6.18 Å². The molecule has 0 amide bonds. The van der Waals surface area contributed by atoms with E-state index in [-0.39, 0.29) is 6.07 Å². The van der Waals surface area contributed by atoms with Crippen molar-refractivity contribution in [1.29, 1.82) is 0 Å². The zero-order valence-corrected chi connectivity index (χ0v) is 8.66. The molecule has 0 aliphatic rings. The predicted octanol–water partition coefficient (Wildman–Crippen LogP) is 2.51. The molecule has 0 atom stereocenters. The lowest BCUT2D eigenvalue weighted by Gasteiger charge is -2.09. The molecule has 7 heteroatoms. The number of alkyl halides is 3. The lowest BCUT2D eigenvalue weighted by Crippen LogP contribution is -2.10. The van der Waals surface area contributed by atoms with E-state index >= 15 is 0 Å². The number of aliphatic carboxylic acids is 1. The van der Waals surface area contributed by atoms with Gasteiger partial charge in [0.15, 0.2) is 0 Å². The van der Waals surface area contributed by atoms with Crippen molar-refractivity contribution < 1.29 is 32.3 Å². The molecule has 0 saturated heterocycles. The molecular weight excluding hydrogens is 256 g/mol. The second-order valence-electron chi connectivity index (χ2n) is 3.23. The van der Waals surface area contributed by atoms with Crippen molar-refractivity contribution in [2.24, 2.45) is 0 Å². The Kier molecular flexibility index (Phi) is 3.85. The van der Waals surface area contributed by atoms with Gasteiger partial charge in [-0.25, -0.2) is 9.18 Å². The number of ketones is 1. The molecule has 0 aliphatic heterocycles. The molecule has 0 heterocycles. The highest BCUT2D eigenvalue weighted by atomic mass is 19.4. The Balaban J connectivity index is 3.18. The average molecular weight is 262 g/mol. The van der Waals surface area contributed by atoms with Crippen molar-refractivity contribution >= 4 is 17.8 Å². The van der Waals surface area contributed by atoms with Gasteiger partial charge in [0.05, 0.1) is 5.56 Å². The van der Waals surface area contributed by atoms with E-state index in [2.05, 4.69) is 0 Å². The first-order chi connectivity index (χ1) is 8.21. The molecule has 0 unspecified atom stereocenters. The maximum Gasteiger partial charge on any atom is 0.417 e. The van der Waals surface area contributed by atoms with E-state index in [4.69, 9.17) is 5.11 Å². The maximum atomic E-state index is 12.7. The van der Waals surface area contributed by atoms with Crippen LogP contribution in [0, 0.1) is 5.82 Å². The van der Waals surface area contributed by atoms with Crippen LogP contribution < -0.4 is 0 Å². The second-order valence-corrected chi connectivity index (χ2v) is 3.23. The van der Waals surface area contributed by atoms with E-state index in [1.54, 1.807) is 0 Å². The molecule has 1 N–H and O–H groups in total. The van der Waals surface area contributed by atoms with E-state index in [1.165, 1.54) is 0 Å². The third-order valence-electron chi connectivity index (χ3n) is 1.95. The Morgan fingerprint density at radius 1 is 1.22 bits per heavy atom. The lowest BCUT2D eigenvalue weighted by molar-refractivity contribution is -0.146. The maximum absolute atomic E-state index is 12.7. The number of carbonyl (C=O) groups excluding carboxylic acids is 1. The summed E-state index contributed by atoms with van der Waals surface area (Å²) in [7, 11) is 0. The third-order valence-corrected chi connectivity index (χ3v) is 1.95. The van der Waals surface area contributed by atoms with Gasteiger partial charge in [0, 0.05) is 0 Å². The van der Waals surface area contributed by atoms with Crippen LogP contribution in [0.25, 0.3) is 6.08 Å². The highest BCUT2D eigenvalue weighted by Crippen LogP contribution is 2.33. The van der Waals surface area contributed by atoms with Crippen molar-refractivity contribution in [1.82, 2.24) is 0 Å². The summed E-state index contributed by atoms with van der Waals surface area (Å²) < 4.78 is 50.2. The molecule has 18 heavy (non-hydrogen) atoms. The number of carboxylic acids is 1. The summed E-state index contributed by atoms with van der Waals surface area (Å²) in [5, 5.41) is 8.25. The molecule has 0 bridgehead atoms. The normalized spacial score (nSPS) is 11.8. The van der Waals surface area contributed by atoms with Crippen LogP contribution in [0.15, 0.2) is 24.3 Å². The number of halogens is 4. The summed E-state index contributed by atoms with van der Waals surface area (Å²) in [6.07, 6.45) is -3.64. The fourth-order valence-electron chi connectivity index (χ4n) is 1.16. The Morgan fingerprint density at radius 3 is 2.33 bits per heavy atom. The average Bonchev–Trinajstić information content (AvgIpc) is 2.25. The Hall–Kier alpha value is -2.18. The van der Waals surface area contributed by atoms with Gasteiger partial charge in [-0.2, -0.15) is 13.2 Å². The van der Waals surface area contributed by atoms with E-state index in [0.29, 0.717) is 12.2 Å². The second kappa shape index (κ2) is 4.99. The van der Waals surface area contributed by atoms with Gasteiger partial charge in [0.2, 0.25) is 0 Å². The van der Waals surface area contributed by atoms with Crippen LogP contribution in [-0.4, -0.2) is 16.9 Å². The first-order valence-corrected chi connectivity index (χ1v) is 4.54. The molecule has 0 aromatic heterocycles. The minimum atomic E-state index is -4.80. The lowest BCUT2D eigenvalue weighted by atomic mass is 10.1. The summed E-state index contributed by atoms with van der Waals surface area (Å²) in [6, 6.07) is 1.86. The number of carboxylic acid groups (broad SMARTS) is 1. The van der Waals surface area contributed by atoms with Crippen LogP contribution in [0.5, 0.6) is 0 Å². The van der Waals surface area contributed by atoms with Crippen molar-refractivity contribution in [3.8, 4) is 0 Å². The summed E-state index contributed by atoms with van der Waals surface area (Å²) in [5.74, 6) is -4.24. The van der Waals surface area contributed by atoms with Gasteiger partial charge in [0.25, 0.3) is 5.78 Å². The molecule has 0 radical (unpaired) electrons. The van der Waals surface area contributed by atoms with Gasteiger partial charge >= 0.3 is 12.1 Å². The first kappa shape index (κ1) is 13.9. The summed E-state index contributed by atoms with van der Waals surface area (Å²) in [4.78, 5) is 20.9. The van der Waals surface area contributed by atoms with Gasteiger partial charge < -0.3 is 5.11 Å². The molecule has 96 valence electrons. The van der Waals surface area contributed by atoms with E-state index in [1.807, 2.05) is 0 Å². The predicted molar refractivity (Wildman–Crippen MR) is 53.1 cm³/mol. The summed E-state index contributed by atoms with van der Waals surface area (Å²) in [5.41, 5.74) is -1.77. The highest BCUT2D eigenvalue weighted by molar-refractivity contribution is 6.38. The molecule has 1 aromatic carbocycles. The summed E-state index contributed by atoms with van der Waals surface area (Å²) >= 11 is 0. The van der Waals surface area contributed by atoms with Crippen LogP contribution in [0.2, 0.25) is 0 Å². The molecular formula is C11H6F4O3. The molecule has 1 aromatic rings. The number of benzene rings is 1. The van der Waals surface area contributed by atoms with Crippen LogP contribution in [0.1, 0.15) is 11.1 Å². The van der Waals surface area contributed by atoms with E-state index in [0.717, 1.165) is 12.1 Å². The van der Waals surface area contributed by atoms with Crippen LogP contribution >= 0.6 is 0 Å². The van der Waals surface area contributed by atoms with Gasteiger partial charge in [-0.1, -0.05) is 12.1 Å². The first-order valence-electron chi connectivity index (χ1n) is 4.54. The zero-order valence-electron chi connectivity index (χ0n) is 8.66. The van der Waals surface area contributed by atoms with Gasteiger partial charge in [-0.3, -0.25) is 4.79 Å². The smallest absolute Gasteiger partial charge is 0.417 e. The number of rotatable bonds is 3. The van der Waals surface area contributed by atoms with E-state index < -0.39 is 34.9 Å². The van der Waals surface area contributed by atoms with Crippen molar-refractivity contribution in [2.75, 3.05) is 0 Å². The SMILES string of the molecule is O=C(O)C(=O)/C=C/c1ccc(F)cc1C(F)(F)F. The molecule has 3 nitrogen and oxygen atoms in total. The molecule has 0 spiro atoms. The van der Waals surface area contributed by atoms with Crippen LogP contribution in [0.3, 0.4) is 0 Å².